The topological polar surface area (TPSA) is 112 Å². The second-order valence-electron chi connectivity index (χ2n) is 5.37. The summed E-state index contributed by atoms with van der Waals surface area (Å²) in [5.74, 6) is -2.60. The molecular formula is C21H16O6. The van der Waals surface area contributed by atoms with E-state index in [1.54, 1.807) is 42.5 Å². The van der Waals surface area contributed by atoms with Crippen molar-refractivity contribution in [2.75, 3.05) is 0 Å². The summed E-state index contributed by atoms with van der Waals surface area (Å²) in [4.78, 5) is 32.8. The molecule has 27 heavy (non-hydrogen) atoms. The molecule has 3 N–H and O–H groups in total. The molecule has 0 fully saturated rings. The van der Waals surface area contributed by atoms with E-state index in [2.05, 4.69) is 0 Å². The van der Waals surface area contributed by atoms with Crippen LogP contribution in [0.1, 0.15) is 36.6 Å². The van der Waals surface area contributed by atoms with Crippen LogP contribution in [0.25, 0.3) is 0 Å². The Balaban J connectivity index is 0.000000199. The molecule has 0 heterocycles. The second-order valence-corrected chi connectivity index (χ2v) is 5.37. The van der Waals surface area contributed by atoms with Crippen LogP contribution in [0.5, 0.6) is 5.75 Å². The van der Waals surface area contributed by atoms with E-state index >= 15 is 0 Å². The van der Waals surface area contributed by atoms with Crippen LogP contribution < -0.4 is 0 Å². The van der Waals surface area contributed by atoms with Crippen molar-refractivity contribution in [2.45, 2.75) is 0 Å². The van der Waals surface area contributed by atoms with Gasteiger partial charge in [-0.15, -0.1) is 0 Å². The van der Waals surface area contributed by atoms with Gasteiger partial charge in [-0.2, -0.15) is 0 Å². The highest BCUT2D eigenvalue weighted by molar-refractivity contribution is 6.10. The van der Waals surface area contributed by atoms with E-state index in [0.29, 0.717) is 11.1 Å². The summed E-state index contributed by atoms with van der Waals surface area (Å²) >= 11 is 0. The summed E-state index contributed by atoms with van der Waals surface area (Å²) in [5, 5.41) is 26.6. The summed E-state index contributed by atoms with van der Waals surface area (Å²) in [6.45, 7) is 0. The van der Waals surface area contributed by atoms with Gasteiger partial charge in [0.15, 0.2) is 5.78 Å². The molecule has 6 heteroatoms. The molecule has 0 radical (unpaired) electrons. The van der Waals surface area contributed by atoms with Gasteiger partial charge in [0.05, 0.1) is 16.7 Å². The Labute approximate surface area is 155 Å². The molecule has 0 bridgehead atoms. The van der Waals surface area contributed by atoms with E-state index < -0.39 is 11.9 Å². The Morgan fingerprint density at radius 1 is 0.556 bits per heavy atom. The number of carbonyl (C=O) groups is 3. The molecule has 0 aromatic heterocycles. The number of hydrogen-bond acceptors (Lipinski definition) is 4. The summed E-state index contributed by atoms with van der Waals surface area (Å²) in [6.07, 6.45) is 0. The first-order valence-electron chi connectivity index (χ1n) is 7.85. The molecule has 0 saturated carbocycles. The normalized spacial score (nSPS) is 9.63. The number of phenols is 1. The van der Waals surface area contributed by atoms with Gasteiger partial charge in [0.1, 0.15) is 5.75 Å². The van der Waals surface area contributed by atoms with Crippen LogP contribution in [0.3, 0.4) is 0 Å². The van der Waals surface area contributed by atoms with Crippen molar-refractivity contribution in [3.05, 3.63) is 101 Å². The molecule has 3 rings (SSSR count). The maximum absolute atomic E-state index is 11.9. The SMILES string of the molecule is O=C(O)c1ccccc1C(=O)O.O=C(c1ccccc1)c1ccccc1O. The number of carboxylic acids is 2. The lowest BCUT2D eigenvalue weighted by Crippen LogP contribution is -2.06. The zero-order valence-electron chi connectivity index (χ0n) is 14.1. The van der Waals surface area contributed by atoms with Crippen molar-refractivity contribution >= 4 is 17.7 Å². The van der Waals surface area contributed by atoms with E-state index in [-0.39, 0.29) is 22.7 Å². The van der Waals surface area contributed by atoms with Crippen molar-refractivity contribution in [1.29, 1.82) is 0 Å². The number of rotatable bonds is 4. The zero-order valence-corrected chi connectivity index (χ0v) is 14.1. The number of phenolic OH excluding ortho intramolecular Hbond substituents is 1. The van der Waals surface area contributed by atoms with Gasteiger partial charge >= 0.3 is 11.9 Å². The van der Waals surface area contributed by atoms with Crippen molar-refractivity contribution in [3.63, 3.8) is 0 Å². The van der Waals surface area contributed by atoms with Gasteiger partial charge in [-0.3, -0.25) is 4.79 Å². The van der Waals surface area contributed by atoms with Crippen LogP contribution in [0.2, 0.25) is 0 Å². The first-order valence-corrected chi connectivity index (χ1v) is 7.85. The smallest absolute Gasteiger partial charge is 0.336 e. The maximum atomic E-state index is 11.9. The maximum Gasteiger partial charge on any atom is 0.336 e. The number of carboxylic acid groups (broad SMARTS) is 2. The fraction of sp³-hybridized carbons (Fsp3) is 0. The molecule has 3 aromatic carbocycles. The van der Waals surface area contributed by atoms with Crippen LogP contribution in [-0.2, 0) is 0 Å². The van der Waals surface area contributed by atoms with E-state index in [0.717, 1.165) is 0 Å². The number of benzene rings is 3. The molecule has 6 nitrogen and oxygen atoms in total. The van der Waals surface area contributed by atoms with Gasteiger partial charge in [0, 0.05) is 5.56 Å². The van der Waals surface area contributed by atoms with E-state index in [1.165, 1.54) is 30.3 Å². The molecule has 0 aliphatic carbocycles. The summed E-state index contributed by atoms with van der Waals surface area (Å²) in [6, 6.07) is 20.9. The lowest BCUT2D eigenvalue weighted by atomic mass is 10.0. The Morgan fingerprint density at radius 3 is 1.41 bits per heavy atom. The fourth-order valence-corrected chi connectivity index (χ4v) is 2.27. The largest absolute Gasteiger partial charge is 0.507 e. The van der Waals surface area contributed by atoms with Crippen molar-refractivity contribution < 1.29 is 29.7 Å². The average molecular weight is 364 g/mol. The van der Waals surface area contributed by atoms with Crippen LogP contribution in [-0.4, -0.2) is 33.0 Å². The average Bonchev–Trinajstić information content (AvgIpc) is 2.69. The van der Waals surface area contributed by atoms with Crippen molar-refractivity contribution in [3.8, 4) is 5.75 Å². The highest BCUT2D eigenvalue weighted by Gasteiger charge is 2.13. The van der Waals surface area contributed by atoms with Crippen LogP contribution in [0, 0.1) is 0 Å². The van der Waals surface area contributed by atoms with E-state index in [1.807, 2.05) is 6.07 Å². The van der Waals surface area contributed by atoms with Gasteiger partial charge in [-0.1, -0.05) is 54.6 Å². The minimum absolute atomic E-state index is 0.0198. The van der Waals surface area contributed by atoms with Crippen LogP contribution >= 0.6 is 0 Å². The van der Waals surface area contributed by atoms with Gasteiger partial charge in [0.25, 0.3) is 0 Å². The number of aromatic carboxylic acids is 2. The molecule has 3 aromatic rings. The minimum Gasteiger partial charge on any atom is -0.507 e. The summed E-state index contributed by atoms with van der Waals surface area (Å²) < 4.78 is 0. The monoisotopic (exact) mass is 364 g/mol. The first kappa shape index (κ1) is 19.4. The summed E-state index contributed by atoms with van der Waals surface area (Å²) in [5.41, 5.74) is 0.540. The number of aromatic hydroxyl groups is 1. The molecule has 0 aliphatic heterocycles. The zero-order chi connectivity index (χ0) is 19.8. The predicted octanol–water partition coefficient (Wildman–Crippen LogP) is 3.71. The fourth-order valence-electron chi connectivity index (χ4n) is 2.27. The number of para-hydroxylation sites is 1. The standard InChI is InChI=1S/C13H10O2.C8H6O4/c14-12-9-5-4-8-11(12)13(15)10-6-2-1-3-7-10;9-7(10)5-3-1-2-4-6(5)8(11)12/h1-9,14H;1-4H,(H,9,10)(H,11,12). The molecule has 136 valence electrons. The molecule has 0 saturated heterocycles. The Bertz CT molecular complexity index is 930. The lowest BCUT2D eigenvalue weighted by Gasteiger charge is -2.02. The minimum atomic E-state index is -1.23. The molecule has 0 unspecified atom stereocenters. The second kappa shape index (κ2) is 8.96. The number of ketones is 1. The van der Waals surface area contributed by atoms with Gasteiger partial charge in [-0.05, 0) is 24.3 Å². The first-order chi connectivity index (χ1) is 12.9. The molecule has 0 amide bonds. The third-order valence-electron chi connectivity index (χ3n) is 3.57. The number of carbonyl (C=O) groups excluding carboxylic acids is 1. The van der Waals surface area contributed by atoms with Crippen molar-refractivity contribution in [1.82, 2.24) is 0 Å². The third kappa shape index (κ3) is 5.02. The van der Waals surface area contributed by atoms with Crippen LogP contribution in [0.4, 0.5) is 0 Å². The lowest BCUT2D eigenvalue weighted by molar-refractivity contribution is 0.0651. The van der Waals surface area contributed by atoms with Gasteiger partial charge < -0.3 is 15.3 Å². The predicted molar refractivity (Wildman–Crippen MR) is 98.3 cm³/mol. The van der Waals surface area contributed by atoms with Crippen molar-refractivity contribution in [2.24, 2.45) is 0 Å². The third-order valence-corrected chi connectivity index (χ3v) is 3.57. The van der Waals surface area contributed by atoms with Crippen LogP contribution in [0.15, 0.2) is 78.9 Å². The summed E-state index contributed by atoms with van der Waals surface area (Å²) in [7, 11) is 0. The van der Waals surface area contributed by atoms with E-state index in [4.69, 9.17) is 10.2 Å². The highest BCUT2D eigenvalue weighted by atomic mass is 16.4. The quantitative estimate of drug-likeness (QED) is 0.609. The molecule has 0 atom stereocenters. The Hall–Kier alpha value is -3.93. The highest BCUT2D eigenvalue weighted by Crippen LogP contribution is 2.19. The molecule has 0 aliphatic rings. The van der Waals surface area contributed by atoms with Gasteiger partial charge in [0.2, 0.25) is 0 Å². The Morgan fingerprint density at radius 2 is 0.963 bits per heavy atom. The molecule has 0 spiro atoms. The Kier molecular flexibility index (Phi) is 6.44. The van der Waals surface area contributed by atoms with E-state index in [9.17, 15) is 19.5 Å². The number of hydrogen-bond donors (Lipinski definition) is 3. The van der Waals surface area contributed by atoms with Gasteiger partial charge in [-0.25, -0.2) is 9.59 Å². The molecular weight excluding hydrogens is 348 g/mol.